The monoisotopic (exact) mass is 512 g/mol. The second-order valence-electron chi connectivity index (χ2n) is 9.74. The average Bonchev–Trinajstić information content (AvgIpc) is 2.72. The Balaban J connectivity index is 0.00000289. The van der Waals surface area contributed by atoms with Crippen molar-refractivity contribution in [1.82, 2.24) is 20.6 Å². The molecular weight excluding hydrogens is 475 g/mol. The zero-order valence-electron chi connectivity index (χ0n) is 20.6. The number of hydrogen-bond acceptors (Lipinski definition) is 6. The summed E-state index contributed by atoms with van der Waals surface area (Å²) in [5, 5.41) is 28.9. The number of amidine groups is 1. The highest BCUT2D eigenvalue weighted by atomic mass is 35.5. The van der Waals surface area contributed by atoms with Crippen molar-refractivity contribution >= 4 is 53.3 Å². The highest BCUT2D eigenvalue weighted by molar-refractivity contribution is 5.96. The van der Waals surface area contributed by atoms with Crippen LogP contribution in [0.3, 0.4) is 0 Å². The zero-order valence-corrected chi connectivity index (χ0v) is 22.2. The number of aliphatic hydroxyl groups is 1. The van der Waals surface area contributed by atoms with Crippen LogP contribution < -0.4 is 16.0 Å². The van der Waals surface area contributed by atoms with Gasteiger partial charge in [0.1, 0.15) is 17.3 Å². The van der Waals surface area contributed by atoms with Crippen molar-refractivity contribution in [3.05, 3.63) is 29.6 Å². The fraction of sp³-hybridized carbons (Fsp3) is 0.583. The highest BCUT2D eigenvalue weighted by Gasteiger charge is 2.30. The number of anilines is 1. The van der Waals surface area contributed by atoms with Gasteiger partial charge in [0, 0.05) is 24.0 Å². The summed E-state index contributed by atoms with van der Waals surface area (Å²) in [4.78, 5) is 21.8. The van der Waals surface area contributed by atoms with Crippen LogP contribution in [-0.2, 0) is 0 Å². The van der Waals surface area contributed by atoms with E-state index in [1.54, 1.807) is 13.8 Å². The summed E-state index contributed by atoms with van der Waals surface area (Å²) in [5.41, 5.74) is 0.582. The van der Waals surface area contributed by atoms with Crippen LogP contribution in [0.2, 0.25) is 0 Å². The molecule has 5 N–H and O–H groups in total. The molecule has 1 saturated carbocycles. The van der Waals surface area contributed by atoms with Gasteiger partial charge in [-0.05, 0) is 51.7 Å². The summed E-state index contributed by atoms with van der Waals surface area (Å²) < 4.78 is 0. The Morgan fingerprint density at radius 1 is 1.18 bits per heavy atom. The lowest BCUT2D eigenvalue weighted by atomic mass is 9.89. The number of carbonyl (C=O) groups excluding carboxylic acids is 1. The maximum Gasteiger partial charge on any atom is 0.289 e. The van der Waals surface area contributed by atoms with Gasteiger partial charge in [-0.2, -0.15) is 0 Å². The first-order valence-corrected chi connectivity index (χ1v) is 11.5. The lowest BCUT2D eigenvalue weighted by Crippen LogP contribution is -2.53. The summed E-state index contributed by atoms with van der Waals surface area (Å²) in [6, 6.07) is 5.91. The van der Waals surface area contributed by atoms with Gasteiger partial charge in [-0.1, -0.05) is 38.3 Å². The normalized spacial score (nSPS) is 18.0. The lowest BCUT2D eigenvalue weighted by molar-refractivity contribution is 0.0939. The molecule has 1 aliphatic rings. The Morgan fingerprint density at radius 2 is 1.82 bits per heavy atom. The van der Waals surface area contributed by atoms with Crippen LogP contribution >= 0.6 is 24.8 Å². The Morgan fingerprint density at radius 3 is 2.44 bits per heavy atom. The molecule has 1 heterocycles. The Bertz CT molecular complexity index is 993. The minimum absolute atomic E-state index is 0. The van der Waals surface area contributed by atoms with Crippen LogP contribution in [0, 0.1) is 18.3 Å². The third-order valence-electron chi connectivity index (χ3n) is 5.75. The molecular formula is C24H38Cl2N6O2. The number of carbonyl (C=O) groups is 1. The molecule has 0 saturated heterocycles. The Kier molecular flexibility index (Phi) is 11.0. The van der Waals surface area contributed by atoms with Gasteiger partial charge in [-0.3, -0.25) is 10.2 Å². The fourth-order valence-corrected chi connectivity index (χ4v) is 3.84. The topological polar surface area (TPSA) is 123 Å². The third kappa shape index (κ3) is 7.68. The standard InChI is InChI=1S/C24H36N6O2.2ClH/c1-14(2)13-26-22(31)21-27-17-11-10-15(3)12-16(17)20(30-21)28-18-8-6-7-9-19(18)29-23(25)24(4,5)32;;/h10-12,14,18-19,32H,6-9,13H2,1-5H3,(H2,25,29)(H,26,31)(H,27,28,30);2*1H/t18-,19+;;/m0../s1. The molecule has 1 fully saturated rings. The van der Waals surface area contributed by atoms with E-state index in [1.165, 1.54) is 0 Å². The number of halogens is 2. The summed E-state index contributed by atoms with van der Waals surface area (Å²) in [7, 11) is 0. The number of nitrogens with one attached hydrogen (secondary N) is 4. The van der Waals surface area contributed by atoms with E-state index in [9.17, 15) is 9.90 Å². The second-order valence-corrected chi connectivity index (χ2v) is 9.74. The fourth-order valence-electron chi connectivity index (χ4n) is 3.84. The van der Waals surface area contributed by atoms with Crippen LogP contribution in [0.1, 0.15) is 69.6 Å². The SMILES string of the molecule is Cc1ccc2nc(C(=O)NCC(C)C)nc(N[C@H]3CCCC[C@H]3NC(=N)C(C)(C)O)c2c1.Cl.Cl. The smallest absolute Gasteiger partial charge is 0.289 e. The quantitative estimate of drug-likeness (QED) is 0.279. The van der Waals surface area contributed by atoms with E-state index in [-0.39, 0.29) is 54.5 Å². The van der Waals surface area contributed by atoms with Gasteiger partial charge in [-0.25, -0.2) is 9.97 Å². The number of aromatic nitrogens is 2. The van der Waals surface area contributed by atoms with Crippen LogP contribution in [-0.4, -0.2) is 51.0 Å². The summed E-state index contributed by atoms with van der Waals surface area (Å²) >= 11 is 0. The third-order valence-corrected chi connectivity index (χ3v) is 5.75. The van der Waals surface area contributed by atoms with E-state index in [1.807, 2.05) is 39.0 Å². The van der Waals surface area contributed by atoms with Crippen molar-refractivity contribution in [2.45, 2.75) is 78.0 Å². The highest BCUT2D eigenvalue weighted by Crippen LogP contribution is 2.27. The maximum atomic E-state index is 12.7. The summed E-state index contributed by atoms with van der Waals surface area (Å²) in [5.74, 6) is 0.926. The predicted molar refractivity (Wildman–Crippen MR) is 143 cm³/mol. The zero-order chi connectivity index (χ0) is 23.5. The van der Waals surface area contributed by atoms with E-state index in [0.717, 1.165) is 36.6 Å². The maximum absolute atomic E-state index is 12.7. The number of aryl methyl sites for hydroxylation is 1. The van der Waals surface area contributed by atoms with Crippen LogP contribution in [0.15, 0.2) is 18.2 Å². The molecule has 190 valence electrons. The number of hydrogen-bond donors (Lipinski definition) is 5. The predicted octanol–water partition coefficient (Wildman–Crippen LogP) is 4.23. The van der Waals surface area contributed by atoms with Gasteiger partial charge in [-0.15, -0.1) is 24.8 Å². The van der Waals surface area contributed by atoms with Crippen molar-refractivity contribution in [1.29, 1.82) is 5.41 Å². The average molecular weight is 514 g/mol. The number of rotatable bonds is 7. The van der Waals surface area contributed by atoms with E-state index in [0.29, 0.717) is 23.8 Å². The first-order chi connectivity index (χ1) is 15.0. The van der Waals surface area contributed by atoms with Gasteiger partial charge >= 0.3 is 0 Å². The first-order valence-electron chi connectivity index (χ1n) is 11.5. The molecule has 0 radical (unpaired) electrons. The second kappa shape index (κ2) is 12.5. The van der Waals surface area contributed by atoms with Crippen molar-refractivity contribution in [2.75, 3.05) is 11.9 Å². The van der Waals surface area contributed by atoms with E-state index < -0.39 is 5.60 Å². The van der Waals surface area contributed by atoms with Gasteiger partial charge in [0.25, 0.3) is 5.91 Å². The van der Waals surface area contributed by atoms with Crippen molar-refractivity contribution < 1.29 is 9.90 Å². The van der Waals surface area contributed by atoms with Gasteiger partial charge in [0.05, 0.1) is 5.52 Å². The molecule has 2 atom stereocenters. The molecule has 1 aromatic carbocycles. The largest absolute Gasteiger partial charge is 0.383 e. The van der Waals surface area contributed by atoms with Crippen LogP contribution in [0.4, 0.5) is 5.82 Å². The van der Waals surface area contributed by atoms with E-state index in [4.69, 9.17) is 5.41 Å². The van der Waals surface area contributed by atoms with Crippen molar-refractivity contribution in [2.24, 2.45) is 5.92 Å². The van der Waals surface area contributed by atoms with E-state index >= 15 is 0 Å². The number of amides is 1. The molecule has 0 unspecified atom stereocenters. The van der Waals surface area contributed by atoms with Crippen LogP contribution in [0.5, 0.6) is 0 Å². The first kappa shape index (κ1) is 29.9. The number of benzene rings is 1. The molecule has 0 spiro atoms. The Hall–Kier alpha value is -2.16. The molecule has 3 rings (SSSR count). The van der Waals surface area contributed by atoms with Gasteiger partial charge in [0.15, 0.2) is 0 Å². The van der Waals surface area contributed by atoms with Crippen molar-refractivity contribution in [3.8, 4) is 0 Å². The van der Waals surface area contributed by atoms with Gasteiger partial charge in [0.2, 0.25) is 5.82 Å². The molecule has 0 bridgehead atoms. The van der Waals surface area contributed by atoms with Crippen LogP contribution in [0.25, 0.3) is 10.9 Å². The van der Waals surface area contributed by atoms with E-state index in [2.05, 4.69) is 25.9 Å². The van der Waals surface area contributed by atoms with Gasteiger partial charge < -0.3 is 21.1 Å². The minimum atomic E-state index is -1.22. The lowest BCUT2D eigenvalue weighted by Gasteiger charge is -2.36. The molecule has 1 aliphatic carbocycles. The molecule has 1 amide bonds. The Labute approximate surface area is 214 Å². The summed E-state index contributed by atoms with van der Waals surface area (Å²) in [6.45, 7) is 9.87. The molecule has 10 heteroatoms. The molecule has 34 heavy (non-hydrogen) atoms. The summed E-state index contributed by atoms with van der Waals surface area (Å²) in [6.07, 6.45) is 3.92. The number of nitrogens with zero attached hydrogens (tertiary/aromatic N) is 2. The molecule has 2 aromatic rings. The minimum Gasteiger partial charge on any atom is -0.383 e. The molecule has 1 aromatic heterocycles. The van der Waals surface area contributed by atoms with Crippen molar-refractivity contribution in [3.63, 3.8) is 0 Å². The number of fused-ring (bicyclic) bond motifs is 1. The molecule has 8 nitrogen and oxygen atoms in total. The molecule has 0 aliphatic heterocycles.